The van der Waals surface area contributed by atoms with Gasteiger partial charge in [0.1, 0.15) is 0 Å². The van der Waals surface area contributed by atoms with Crippen molar-refractivity contribution < 1.29 is 9.25 Å². The zero-order chi connectivity index (χ0) is 13.7. The van der Waals surface area contributed by atoms with Gasteiger partial charge in [-0.25, -0.2) is 0 Å². The number of nitrogens with zero attached hydrogens (tertiary/aromatic N) is 3. The van der Waals surface area contributed by atoms with E-state index in [0.717, 1.165) is 17.7 Å². The quantitative estimate of drug-likeness (QED) is 0.618. The van der Waals surface area contributed by atoms with Crippen LogP contribution in [0.4, 0.5) is 0 Å². The molecule has 0 unspecified atom stereocenters. The summed E-state index contributed by atoms with van der Waals surface area (Å²) in [5.41, 5.74) is 1.73. The Bertz CT molecular complexity index is 564. The number of hydrogen-bond acceptors (Lipinski definition) is 5. The Morgan fingerprint density at radius 3 is 2.74 bits per heavy atom. The van der Waals surface area contributed by atoms with E-state index in [2.05, 4.69) is 15.4 Å². The van der Waals surface area contributed by atoms with Gasteiger partial charge in [-0.15, -0.1) is 10.2 Å². The van der Waals surface area contributed by atoms with Crippen LogP contribution < -0.4 is 0 Å². The number of aromatic nitrogens is 2. The lowest BCUT2D eigenvalue weighted by Crippen LogP contribution is -1.92. The summed E-state index contributed by atoms with van der Waals surface area (Å²) in [4.78, 5) is 5.11. The van der Waals surface area contributed by atoms with E-state index in [-0.39, 0.29) is 6.61 Å². The average molecular weight is 280 g/mol. The van der Waals surface area contributed by atoms with Gasteiger partial charge in [-0.1, -0.05) is 23.7 Å². The molecule has 0 saturated heterocycles. The van der Waals surface area contributed by atoms with Gasteiger partial charge in [0.05, 0.1) is 5.71 Å². The molecule has 2 aromatic rings. The van der Waals surface area contributed by atoms with Crippen molar-refractivity contribution in [3.05, 3.63) is 35.2 Å². The maximum Gasteiger partial charge on any atom is 0.257 e. The lowest BCUT2D eigenvalue weighted by atomic mass is 10.2. The molecule has 6 heteroatoms. The number of oxime groups is 1. The van der Waals surface area contributed by atoms with Gasteiger partial charge in [0, 0.05) is 10.6 Å². The third-order valence-electron chi connectivity index (χ3n) is 2.48. The highest BCUT2D eigenvalue weighted by Crippen LogP contribution is 2.20. The van der Waals surface area contributed by atoms with Crippen LogP contribution in [0.15, 0.2) is 33.8 Å². The largest absolute Gasteiger partial charge is 0.417 e. The lowest BCUT2D eigenvalue weighted by Gasteiger charge is -1.96. The van der Waals surface area contributed by atoms with Crippen LogP contribution in [-0.4, -0.2) is 15.9 Å². The van der Waals surface area contributed by atoms with E-state index in [1.165, 1.54) is 0 Å². The Hall–Kier alpha value is -1.88. The fourth-order valence-corrected chi connectivity index (χ4v) is 1.41. The predicted octanol–water partition coefficient (Wildman–Crippen LogP) is 3.69. The van der Waals surface area contributed by atoms with Gasteiger partial charge >= 0.3 is 0 Å². The minimum atomic E-state index is 0.165. The van der Waals surface area contributed by atoms with Gasteiger partial charge in [0.25, 0.3) is 5.89 Å². The molecule has 0 amide bonds. The molecule has 0 aliphatic heterocycles. The molecule has 0 atom stereocenters. The highest BCUT2D eigenvalue weighted by Gasteiger charge is 2.08. The molecule has 1 aromatic heterocycles. The Morgan fingerprint density at radius 2 is 2.05 bits per heavy atom. The molecular weight excluding hydrogens is 266 g/mol. The normalized spacial score (nSPS) is 11.6. The van der Waals surface area contributed by atoms with Crippen LogP contribution in [0.25, 0.3) is 11.5 Å². The van der Waals surface area contributed by atoms with Crippen LogP contribution in [-0.2, 0) is 11.4 Å². The number of benzene rings is 1. The van der Waals surface area contributed by atoms with E-state index in [4.69, 9.17) is 20.9 Å². The van der Waals surface area contributed by atoms with E-state index in [0.29, 0.717) is 16.8 Å². The van der Waals surface area contributed by atoms with Crippen molar-refractivity contribution in [1.29, 1.82) is 0 Å². The standard InChI is InChI=1S/C13H14ClN3O2/c1-3-9(2)17-18-8-12-15-16-13(19-12)10-4-6-11(14)7-5-10/h4-7H,3,8H2,1-2H3. The monoisotopic (exact) mass is 279 g/mol. The molecule has 2 rings (SSSR count). The molecule has 0 fully saturated rings. The Labute approximate surface area is 116 Å². The minimum absolute atomic E-state index is 0.165. The summed E-state index contributed by atoms with van der Waals surface area (Å²) >= 11 is 5.81. The van der Waals surface area contributed by atoms with Crippen LogP contribution in [0.2, 0.25) is 5.02 Å². The van der Waals surface area contributed by atoms with E-state index < -0.39 is 0 Å². The Balaban J connectivity index is 2.01. The highest BCUT2D eigenvalue weighted by molar-refractivity contribution is 6.30. The highest BCUT2D eigenvalue weighted by atomic mass is 35.5. The van der Waals surface area contributed by atoms with Crippen molar-refractivity contribution >= 4 is 17.3 Å². The summed E-state index contributed by atoms with van der Waals surface area (Å²) in [6.45, 7) is 4.07. The maximum atomic E-state index is 5.81. The Morgan fingerprint density at radius 1 is 1.32 bits per heavy atom. The molecule has 0 radical (unpaired) electrons. The summed E-state index contributed by atoms with van der Waals surface area (Å²) in [6, 6.07) is 7.18. The number of halogens is 1. The first-order valence-electron chi connectivity index (χ1n) is 5.92. The third-order valence-corrected chi connectivity index (χ3v) is 2.73. The summed E-state index contributed by atoms with van der Waals surface area (Å²) in [6.07, 6.45) is 0.847. The first-order valence-corrected chi connectivity index (χ1v) is 6.30. The molecule has 1 heterocycles. The molecular formula is C13H14ClN3O2. The van der Waals surface area contributed by atoms with Crippen LogP contribution in [0, 0.1) is 0 Å². The van der Waals surface area contributed by atoms with Gasteiger partial charge in [-0.05, 0) is 37.6 Å². The van der Waals surface area contributed by atoms with E-state index in [1.54, 1.807) is 12.1 Å². The Kier molecular flexibility index (Phi) is 4.52. The number of rotatable bonds is 5. The summed E-state index contributed by atoms with van der Waals surface area (Å²) in [7, 11) is 0. The molecule has 1 aromatic carbocycles. The molecule has 0 aliphatic carbocycles. The minimum Gasteiger partial charge on any atom is -0.417 e. The molecule has 0 spiro atoms. The smallest absolute Gasteiger partial charge is 0.257 e. The predicted molar refractivity (Wildman–Crippen MR) is 72.9 cm³/mol. The van der Waals surface area contributed by atoms with Crippen molar-refractivity contribution in [1.82, 2.24) is 10.2 Å². The zero-order valence-corrected chi connectivity index (χ0v) is 11.5. The fourth-order valence-electron chi connectivity index (χ4n) is 1.28. The SMILES string of the molecule is CCC(C)=NOCc1nnc(-c2ccc(Cl)cc2)o1. The molecule has 19 heavy (non-hydrogen) atoms. The third kappa shape index (κ3) is 3.79. The zero-order valence-electron chi connectivity index (χ0n) is 10.8. The van der Waals surface area contributed by atoms with Crippen molar-refractivity contribution in [2.24, 2.45) is 5.16 Å². The maximum absolute atomic E-state index is 5.81. The lowest BCUT2D eigenvalue weighted by molar-refractivity contribution is 0.110. The van der Waals surface area contributed by atoms with Crippen molar-refractivity contribution in [3.63, 3.8) is 0 Å². The fraction of sp³-hybridized carbons (Fsp3) is 0.308. The van der Waals surface area contributed by atoms with Crippen LogP contribution >= 0.6 is 11.6 Å². The second kappa shape index (κ2) is 6.33. The first kappa shape index (κ1) is 13.5. The van der Waals surface area contributed by atoms with Crippen molar-refractivity contribution in [2.45, 2.75) is 26.9 Å². The van der Waals surface area contributed by atoms with Crippen LogP contribution in [0.3, 0.4) is 0 Å². The van der Waals surface area contributed by atoms with E-state index in [9.17, 15) is 0 Å². The number of hydrogen-bond donors (Lipinski definition) is 0. The molecule has 0 bridgehead atoms. The molecule has 0 saturated carbocycles. The van der Waals surface area contributed by atoms with Crippen molar-refractivity contribution in [3.8, 4) is 11.5 Å². The van der Waals surface area contributed by atoms with Gasteiger partial charge in [-0.3, -0.25) is 0 Å². The van der Waals surface area contributed by atoms with Gasteiger partial charge in [0.15, 0.2) is 6.61 Å². The van der Waals surface area contributed by atoms with Crippen LogP contribution in [0.1, 0.15) is 26.2 Å². The van der Waals surface area contributed by atoms with Crippen molar-refractivity contribution in [2.75, 3.05) is 0 Å². The molecule has 0 N–H and O–H groups in total. The molecule has 5 nitrogen and oxygen atoms in total. The first-order chi connectivity index (χ1) is 9.19. The van der Waals surface area contributed by atoms with Crippen LogP contribution in [0.5, 0.6) is 0 Å². The topological polar surface area (TPSA) is 60.5 Å². The average Bonchev–Trinajstić information content (AvgIpc) is 2.88. The second-order valence-corrected chi connectivity index (χ2v) is 4.40. The van der Waals surface area contributed by atoms with E-state index in [1.807, 2.05) is 26.0 Å². The molecule has 100 valence electrons. The summed E-state index contributed by atoms with van der Waals surface area (Å²) < 4.78 is 5.47. The van der Waals surface area contributed by atoms with E-state index >= 15 is 0 Å². The summed E-state index contributed by atoms with van der Waals surface area (Å²) in [5, 5.41) is 12.4. The van der Waals surface area contributed by atoms with Gasteiger partial charge < -0.3 is 9.25 Å². The van der Waals surface area contributed by atoms with Gasteiger partial charge in [-0.2, -0.15) is 0 Å². The summed E-state index contributed by atoms with van der Waals surface area (Å²) in [5.74, 6) is 0.823. The second-order valence-electron chi connectivity index (χ2n) is 3.96. The van der Waals surface area contributed by atoms with Gasteiger partial charge in [0.2, 0.25) is 5.89 Å². The molecule has 0 aliphatic rings.